The molecule has 0 saturated carbocycles. The quantitative estimate of drug-likeness (QED) is 0.533. The van der Waals surface area contributed by atoms with E-state index in [4.69, 9.17) is 38.1 Å². The van der Waals surface area contributed by atoms with Gasteiger partial charge in [-0.25, -0.2) is 0 Å². The van der Waals surface area contributed by atoms with Crippen LogP contribution in [0.25, 0.3) is 0 Å². The molecule has 0 heterocycles. The molecule has 0 aromatic carbocycles. The summed E-state index contributed by atoms with van der Waals surface area (Å²) in [5.74, 6) is 0. The van der Waals surface area contributed by atoms with E-state index in [-0.39, 0.29) is 29.6 Å². The van der Waals surface area contributed by atoms with Gasteiger partial charge < -0.3 is 0 Å². The Balaban J connectivity index is 0. The van der Waals surface area contributed by atoms with Gasteiger partial charge in [0.25, 0.3) is 0 Å². The Hall–Kier alpha value is 2.82. The zero-order valence-corrected chi connectivity index (χ0v) is 9.41. The maximum absolute atomic E-state index is 4.98. The van der Waals surface area contributed by atoms with Gasteiger partial charge in [-0.05, 0) is 0 Å². The summed E-state index contributed by atoms with van der Waals surface area (Å²) in [5, 5.41) is 0. The van der Waals surface area contributed by atoms with Crippen LogP contribution in [0.4, 0.5) is 0 Å². The molecule has 0 unspecified atom stereocenters. The molecule has 0 aromatic heterocycles. The summed E-state index contributed by atoms with van der Waals surface area (Å²) in [7, 11) is 19.9. The van der Waals surface area contributed by atoms with Crippen molar-refractivity contribution in [3.05, 3.63) is 0 Å². The van der Waals surface area contributed by atoms with Gasteiger partial charge in [0.2, 0.25) is 0 Å². The molecule has 0 saturated heterocycles. The Morgan fingerprint density at radius 3 is 0.833 bits per heavy atom. The van der Waals surface area contributed by atoms with Gasteiger partial charge in [-0.2, -0.15) is 0 Å². The van der Waals surface area contributed by atoms with Gasteiger partial charge in [0, 0.05) is 0 Å². The second-order valence-electron chi connectivity index (χ2n) is 0.271. The van der Waals surface area contributed by atoms with Crippen LogP contribution in [0.2, 0.25) is 0 Å². The number of hydrogen-bond acceptors (Lipinski definition) is 0. The SMILES string of the molecule is [Cl][Pd-]([Cl])([Cl])[Cl].[Na+]. The number of hydrogen-bond donors (Lipinski definition) is 0. The average molecular weight is 271 g/mol. The molecule has 6 heteroatoms. The molecule has 0 radical (unpaired) electrons. The van der Waals surface area contributed by atoms with Crippen molar-refractivity contribution in [1.82, 2.24) is 0 Å². The third kappa shape index (κ3) is 29.0. The van der Waals surface area contributed by atoms with Crippen LogP contribution >= 0.6 is 38.1 Å². The van der Waals surface area contributed by atoms with Crippen molar-refractivity contribution >= 4 is 38.1 Å². The minimum atomic E-state index is -2.81. The Kier molecular flexibility index (Phi) is 9.04. The van der Waals surface area contributed by atoms with Gasteiger partial charge in [-0.15, -0.1) is 0 Å². The Bertz CT molecular complexity index is 23.0. The van der Waals surface area contributed by atoms with Gasteiger partial charge in [0.1, 0.15) is 0 Å². The molecule has 0 fully saturated rings. The predicted octanol–water partition coefficient (Wildman–Crippen LogP) is -0.241. The molecular weight excluding hydrogens is 271 g/mol. The Morgan fingerprint density at radius 2 is 0.833 bits per heavy atom. The minimum Gasteiger partial charge on any atom is 1.00 e. The second kappa shape index (κ2) is 4.68. The smallest absolute Gasteiger partial charge is 1.00 e. The number of rotatable bonds is 0. The van der Waals surface area contributed by atoms with Crippen LogP contribution in [-0.4, -0.2) is 0 Å². The van der Waals surface area contributed by atoms with Crippen LogP contribution in [0.5, 0.6) is 0 Å². The summed E-state index contributed by atoms with van der Waals surface area (Å²) in [6, 6.07) is 0. The van der Waals surface area contributed by atoms with E-state index in [1.54, 1.807) is 0 Å². The molecular formula is Cl4NaPd. The topological polar surface area (TPSA) is 0 Å². The first-order valence-corrected chi connectivity index (χ1v) is 8.49. The standard InChI is InChI=1S/4ClH.Na.Pd/h4*1H;;/q;;;;+1;+3/p-4. The zero-order valence-electron chi connectivity index (χ0n) is 2.83. The molecule has 0 aromatic rings. The third-order valence-electron chi connectivity index (χ3n) is 0. The first-order chi connectivity index (χ1) is 2.00. The normalized spacial score (nSPS) is 12.7. The van der Waals surface area contributed by atoms with Gasteiger partial charge in [0.15, 0.2) is 0 Å². The van der Waals surface area contributed by atoms with Crippen molar-refractivity contribution in [2.45, 2.75) is 0 Å². The van der Waals surface area contributed by atoms with Crippen LogP contribution in [0.3, 0.4) is 0 Å². The maximum atomic E-state index is 4.98. The molecule has 0 bridgehead atoms. The van der Waals surface area contributed by atoms with Crippen molar-refractivity contribution in [2.24, 2.45) is 0 Å². The fourth-order valence-electron chi connectivity index (χ4n) is 0. The summed E-state index contributed by atoms with van der Waals surface area (Å²) < 4.78 is 0. The van der Waals surface area contributed by atoms with Crippen LogP contribution in [-0.2, 0) is 11.5 Å². The van der Waals surface area contributed by atoms with Crippen LogP contribution in [0.1, 0.15) is 0 Å². The average Bonchev–Trinajstić information content (AvgIpc) is 0.722. The largest absolute Gasteiger partial charge is 1.00 e. The fraction of sp³-hybridized carbons (Fsp3) is 0. The molecule has 0 N–H and O–H groups in total. The van der Waals surface area contributed by atoms with E-state index < -0.39 is 11.5 Å². The summed E-state index contributed by atoms with van der Waals surface area (Å²) in [6.45, 7) is 0. The van der Waals surface area contributed by atoms with Crippen molar-refractivity contribution in [3.8, 4) is 0 Å². The van der Waals surface area contributed by atoms with Gasteiger partial charge in [0.05, 0.1) is 0 Å². The van der Waals surface area contributed by atoms with Crippen molar-refractivity contribution in [2.75, 3.05) is 0 Å². The molecule has 0 aliphatic heterocycles. The van der Waals surface area contributed by atoms with E-state index in [0.29, 0.717) is 0 Å². The summed E-state index contributed by atoms with van der Waals surface area (Å²) in [6.07, 6.45) is 0. The van der Waals surface area contributed by atoms with Crippen LogP contribution < -0.4 is 29.6 Å². The van der Waals surface area contributed by atoms with E-state index >= 15 is 0 Å². The van der Waals surface area contributed by atoms with Gasteiger partial charge in [-0.3, -0.25) is 0 Å². The molecule has 0 aliphatic rings. The third-order valence-corrected chi connectivity index (χ3v) is 0. The van der Waals surface area contributed by atoms with E-state index in [2.05, 4.69) is 0 Å². The first kappa shape index (κ1) is 11.6. The molecule has 39 valence electrons. The summed E-state index contributed by atoms with van der Waals surface area (Å²) in [5.41, 5.74) is 0. The van der Waals surface area contributed by atoms with Gasteiger partial charge >= 0.3 is 79.1 Å². The molecule has 0 amide bonds. The molecule has 0 rings (SSSR count). The van der Waals surface area contributed by atoms with Crippen molar-refractivity contribution in [1.29, 1.82) is 0 Å². The van der Waals surface area contributed by atoms with Crippen molar-refractivity contribution < 1.29 is 41.0 Å². The summed E-state index contributed by atoms with van der Waals surface area (Å²) in [4.78, 5) is 0. The van der Waals surface area contributed by atoms with E-state index in [1.165, 1.54) is 0 Å². The van der Waals surface area contributed by atoms with Crippen LogP contribution in [0.15, 0.2) is 0 Å². The molecule has 0 atom stereocenters. The summed E-state index contributed by atoms with van der Waals surface area (Å²) >= 11 is -2.81. The van der Waals surface area contributed by atoms with E-state index in [1.807, 2.05) is 0 Å². The maximum Gasteiger partial charge on any atom is 1.00 e. The molecule has 0 nitrogen and oxygen atoms in total. The zero-order chi connectivity index (χ0) is 4.50. The van der Waals surface area contributed by atoms with Gasteiger partial charge in [-0.1, -0.05) is 0 Å². The Labute approximate surface area is 77.7 Å². The van der Waals surface area contributed by atoms with E-state index in [9.17, 15) is 0 Å². The first-order valence-electron chi connectivity index (χ1n) is 0.478. The Morgan fingerprint density at radius 1 is 0.833 bits per heavy atom. The second-order valence-corrected chi connectivity index (χ2v) is 14.4. The molecule has 0 spiro atoms. The van der Waals surface area contributed by atoms with Crippen molar-refractivity contribution in [3.63, 3.8) is 0 Å². The predicted molar refractivity (Wildman–Crippen MR) is 23.4 cm³/mol. The van der Waals surface area contributed by atoms with Crippen LogP contribution in [0, 0.1) is 0 Å². The van der Waals surface area contributed by atoms with E-state index in [0.717, 1.165) is 0 Å². The number of halogens is 4. The fourth-order valence-corrected chi connectivity index (χ4v) is 0. The molecule has 0 aliphatic carbocycles. The minimum absolute atomic E-state index is 0. The monoisotopic (exact) mass is 269 g/mol. The molecule has 6 heavy (non-hydrogen) atoms.